The van der Waals surface area contributed by atoms with Crippen molar-refractivity contribution in [3.63, 3.8) is 0 Å². The number of hydrogen-bond acceptors (Lipinski definition) is 6. The van der Waals surface area contributed by atoms with Crippen LogP contribution in [0, 0.1) is 5.92 Å². The minimum Gasteiger partial charge on any atom is -0.454 e. The molecule has 0 bridgehead atoms. The summed E-state index contributed by atoms with van der Waals surface area (Å²) in [5.74, 6) is 1.64. The van der Waals surface area contributed by atoms with Crippen LogP contribution in [0.4, 0.5) is 5.69 Å². The molecule has 8 nitrogen and oxygen atoms in total. The van der Waals surface area contributed by atoms with Crippen molar-refractivity contribution < 1.29 is 23.6 Å². The zero-order chi connectivity index (χ0) is 22.8. The molecule has 33 heavy (non-hydrogen) atoms. The van der Waals surface area contributed by atoms with Crippen LogP contribution in [0.5, 0.6) is 11.5 Å². The Hall–Kier alpha value is -3.81. The Kier molecular flexibility index (Phi) is 5.73. The number of amides is 2. The molecular formula is C25H25N3O5. The molecule has 2 aromatic carbocycles. The zero-order valence-corrected chi connectivity index (χ0v) is 18.4. The lowest BCUT2D eigenvalue weighted by molar-refractivity contribution is -0.134. The summed E-state index contributed by atoms with van der Waals surface area (Å²) in [6, 6.07) is 17.2. The highest BCUT2D eigenvalue weighted by molar-refractivity contribution is 6.00. The molecule has 3 heterocycles. The van der Waals surface area contributed by atoms with Gasteiger partial charge in [0.2, 0.25) is 18.6 Å². The first-order valence-corrected chi connectivity index (χ1v) is 11.0. The second-order valence-electron chi connectivity index (χ2n) is 8.35. The molecule has 170 valence electrons. The molecule has 1 atom stereocenters. The number of ether oxygens (including phenoxy) is 2. The highest BCUT2D eigenvalue weighted by Crippen LogP contribution is 2.37. The van der Waals surface area contributed by atoms with Crippen LogP contribution in [0.3, 0.4) is 0 Å². The summed E-state index contributed by atoms with van der Waals surface area (Å²) in [5, 5.41) is 4.13. The summed E-state index contributed by atoms with van der Waals surface area (Å²) in [4.78, 5) is 28.9. The number of rotatable bonds is 7. The number of anilines is 1. The van der Waals surface area contributed by atoms with E-state index in [0.29, 0.717) is 31.0 Å². The summed E-state index contributed by atoms with van der Waals surface area (Å²) in [5.41, 5.74) is 2.54. The molecule has 0 saturated carbocycles. The number of aryl methyl sites for hydroxylation is 1. The van der Waals surface area contributed by atoms with Crippen LogP contribution in [0.15, 0.2) is 59.1 Å². The molecule has 1 fully saturated rings. The summed E-state index contributed by atoms with van der Waals surface area (Å²) in [6.45, 7) is 1.12. The van der Waals surface area contributed by atoms with Crippen molar-refractivity contribution in [2.24, 2.45) is 5.92 Å². The van der Waals surface area contributed by atoms with Crippen molar-refractivity contribution in [1.82, 2.24) is 10.1 Å². The van der Waals surface area contributed by atoms with Crippen molar-refractivity contribution in [1.29, 1.82) is 0 Å². The van der Waals surface area contributed by atoms with Crippen LogP contribution in [-0.2, 0) is 16.0 Å². The average molecular weight is 447 g/mol. The van der Waals surface area contributed by atoms with Crippen LogP contribution in [0.1, 0.15) is 18.6 Å². The van der Waals surface area contributed by atoms with E-state index in [1.165, 1.54) is 0 Å². The molecule has 8 heteroatoms. The van der Waals surface area contributed by atoms with Gasteiger partial charge in [-0.05, 0) is 18.6 Å². The van der Waals surface area contributed by atoms with Crippen molar-refractivity contribution in [3.05, 3.63) is 60.4 Å². The van der Waals surface area contributed by atoms with E-state index in [1.54, 1.807) is 29.0 Å². The smallest absolute Gasteiger partial charge is 0.231 e. The Labute approximate surface area is 191 Å². The lowest BCUT2D eigenvalue weighted by Gasteiger charge is -2.21. The van der Waals surface area contributed by atoms with Crippen molar-refractivity contribution in [2.45, 2.75) is 19.3 Å². The fourth-order valence-corrected chi connectivity index (χ4v) is 4.26. The number of aromatic nitrogens is 1. The third kappa shape index (κ3) is 4.41. The van der Waals surface area contributed by atoms with E-state index < -0.39 is 0 Å². The molecule has 2 aliphatic heterocycles. The zero-order valence-electron chi connectivity index (χ0n) is 18.4. The van der Waals surface area contributed by atoms with Crippen molar-refractivity contribution in [3.8, 4) is 22.8 Å². The van der Waals surface area contributed by atoms with Gasteiger partial charge in [0.15, 0.2) is 11.5 Å². The Morgan fingerprint density at radius 3 is 2.79 bits per heavy atom. The molecule has 5 rings (SSSR count). The maximum absolute atomic E-state index is 13.0. The number of carbonyl (C=O) groups is 2. The fraction of sp³-hybridized carbons (Fsp3) is 0.320. The van der Waals surface area contributed by atoms with E-state index in [9.17, 15) is 9.59 Å². The van der Waals surface area contributed by atoms with Gasteiger partial charge in [0.25, 0.3) is 0 Å². The van der Waals surface area contributed by atoms with Gasteiger partial charge in [-0.3, -0.25) is 9.59 Å². The highest BCUT2D eigenvalue weighted by atomic mass is 16.7. The first kappa shape index (κ1) is 21.1. The molecule has 2 aliphatic rings. The van der Waals surface area contributed by atoms with Gasteiger partial charge >= 0.3 is 0 Å². The monoisotopic (exact) mass is 447 g/mol. The molecular weight excluding hydrogens is 422 g/mol. The molecule has 1 unspecified atom stereocenters. The van der Waals surface area contributed by atoms with E-state index in [0.717, 1.165) is 29.1 Å². The van der Waals surface area contributed by atoms with E-state index in [1.807, 2.05) is 42.5 Å². The van der Waals surface area contributed by atoms with Gasteiger partial charge in [0, 0.05) is 56.4 Å². The van der Waals surface area contributed by atoms with Gasteiger partial charge in [-0.15, -0.1) is 0 Å². The lowest BCUT2D eigenvalue weighted by Crippen LogP contribution is -2.35. The molecule has 2 amide bonds. The Bertz CT molecular complexity index is 1160. The maximum atomic E-state index is 13.0. The Balaban J connectivity index is 1.13. The van der Waals surface area contributed by atoms with Crippen LogP contribution >= 0.6 is 0 Å². The lowest BCUT2D eigenvalue weighted by atomic mass is 10.1. The average Bonchev–Trinajstić information content (AvgIpc) is 3.58. The Morgan fingerprint density at radius 1 is 1.12 bits per heavy atom. The minimum atomic E-state index is -0.358. The van der Waals surface area contributed by atoms with E-state index >= 15 is 0 Å². The number of fused-ring (bicyclic) bond motifs is 1. The van der Waals surface area contributed by atoms with Gasteiger partial charge in [-0.2, -0.15) is 0 Å². The quantitative estimate of drug-likeness (QED) is 0.551. The maximum Gasteiger partial charge on any atom is 0.231 e. The molecule has 0 spiro atoms. The first-order chi connectivity index (χ1) is 16.1. The number of nitrogens with zero attached hydrogens (tertiary/aromatic N) is 3. The van der Waals surface area contributed by atoms with Gasteiger partial charge in [0.1, 0.15) is 11.5 Å². The molecule has 1 aromatic heterocycles. The standard InChI is InChI=1S/C25H25N3O5/c1-27(11-5-8-20-14-21(26-33-20)17-6-3-2-4-7-17)25(30)18-12-24(29)28(15-18)19-9-10-22-23(13-19)32-16-31-22/h2-4,6-7,9-10,13-14,18H,5,8,11-12,15-16H2,1H3. The van der Waals surface area contributed by atoms with Crippen molar-refractivity contribution >= 4 is 17.5 Å². The highest BCUT2D eigenvalue weighted by Gasteiger charge is 2.36. The third-order valence-electron chi connectivity index (χ3n) is 6.06. The number of hydrogen-bond donors (Lipinski definition) is 0. The first-order valence-electron chi connectivity index (χ1n) is 11.0. The predicted molar refractivity (Wildman–Crippen MR) is 121 cm³/mol. The van der Waals surface area contributed by atoms with Gasteiger partial charge in [-0.25, -0.2) is 0 Å². The van der Waals surface area contributed by atoms with E-state index in [4.69, 9.17) is 14.0 Å². The molecule has 0 radical (unpaired) electrons. The van der Waals surface area contributed by atoms with Gasteiger partial charge in [-0.1, -0.05) is 35.5 Å². The topological polar surface area (TPSA) is 85.1 Å². The predicted octanol–water partition coefficient (Wildman–Crippen LogP) is 3.51. The molecule has 3 aromatic rings. The van der Waals surface area contributed by atoms with Crippen LogP contribution in [0.2, 0.25) is 0 Å². The van der Waals surface area contributed by atoms with E-state index in [-0.39, 0.29) is 30.9 Å². The summed E-state index contributed by atoms with van der Waals surface area (Å²) in [6.07, 6.45) is 1.64. The Morgan fingerprint density at radius 2 is 1.94 bits per heavy atom. The van der Waals surface area contributed by atoms with Gasteiger partial charge in [0.05, 0.1) is 5.92 Å². The second-order valence-corrected chi connectivity index (χ2v) is 8.35. The van der Waals surface area contributed by atoms with Crippen LogP contribution in [-0.4, -0.2) is 48.8 Å². The molecule has 0 aliphatic carbocycles. The summed E-state index contributed by atoms with van der Waals surface area (Å²) < 4.78 is 16.2. The van der Waals surface area contributed by atoms with Crippen LogP contribution < -0.4 is 14.4 Å². The third-order valence-corrected chi connectivity index (χ3v) is 6.06. The number of benzene rings is 2. The van der Waals surface area contributed by atoms with E-state index in [2.05, 4.69) is 5.16 Å². The molecule has 0 N–H and O–H groups in total. The molecule has 1 saturated heterocycles. The van der Waals surface area contributed by atoms with Crippen LogP contribution in [0.25, 0.3) is 11.3 Å². The normalized spacial score (nSPS) is 16.9. The van der Waals surface area contributed by atoms with Crippen molar-refractivity contribution in [2.75, 3.05) is 31.8 Å². The SMILES string of the molecule is CN(CCCc1cc(-c2ccccc2)no1)C(=O)C1CC(=O)N(c2ccc3c(c2)OCO3)C1. The minimum absolute atomic E-state index is 0.0193. The number of carbonyl (C=O) groups excluding carboxylic acids is 2. The largest absolute Gasteiger partial charge is 0.454 e. The summed E-state index contributed by atoms with van der Waals surface area (Å²) in [7, 11) is 1.78. The summed E-state index contributed by atoms with van der Waals surface area (Å²) >= 11 is 0. The fourth-order valence-electron chi connectivity index (χ4n) is 4.26. The second kappa shape index (κ2) is 8.97. The van der Waals surface area contributed by atoms with Gasteiger partial charge < -0.3 is 23.8 Å².